The highest BCUT2D eigenvalue weighted by Gasteiger charge is 2.57. The lowest BCUT2D eigenvalue weighted by Crippen LogP contribution is -2.52. The first-order chi connectivity index (χ1) is 17.3. The van der Waals surface area contributed by atoms with Crippen LogP contribution in [0, 0.1) is 38.7 Å². The molecule has 1 aromatic heterocycles. The summed E-state index contributed by atoms with van der Waals surface area (Å²) >= 11 is 0. The summed E-state index contributed by atoms with van der Waals surface area (Å²) < 4.78 is 1.89. The van der Waals surface area contributed by atoms with Crippen molar-refractivity contribution in [3.8, 4) is 0 Å². The summed E-state index contributed by atoms with van der Waals surface area (Å²) in [6.07, 6.45) is 20.4. The van der Waals surface area contributed by atoms with Crippen molar-refractivity contribution in [1.29, 1.82) is 0 Å². The number of nitro groups is 1. The lowest BCUT2D eigenvalue weighted by atomic mass is 9.47. The number of carbonyl (C=O) groups excluding carboxylic acids is 1. The summed E-state index contributed by atoms with van der Waals surface area (Å²) in [7, 11) is 0. The largest absolute Gasteiger partial charge is 0.381 e. The van der Waals surface area contributed by atoms with Gasteiger partial charge < -0.3 is 15.4 Å². The molecule has 2 saturated carbocycles. The molecule has 1 aliphatic heterocycles. The number of imidazole rings is 1. The molecule has 6 atom stereocenters. The average molecular weight is 491 g/mol. The van der Waals surface area contributed by atoms with Gasteiger partial charge in [-0.15, -0.1) is 0 Å². The van der Waals surface area contributed by atoms with Crippen molar-refractivity contribution in [3.05, 3.63) is 52.8 Å². The first-order valence-corrected chi connectivity index (χ1v) is 13.1. The van der Waals surface area contributed by atoms with Crippen molar-refractivity contribution in [2.24, 2.45) is 33.6 Å². The van der Waals surface area contributed by atoms with E-state index in [0.717, 1.165) is 44.9 Å². The average Bonchev–Trinajstić information content (AvgIpc) is 3.49. The van der Waals surface area contributed by atoms with Crippen LogP contribution in [0.1, 0.15) is 58.8 Å². The minimum atomic E-state index is -0.423. The molecule has 2 fully saturated rings. The molecule has 0 aromatic carbocycles. The van der Waals surface area contributed by atoms with Crippen LogP contribution in [0.15, 0.2) is 47.6 Å². The van der Waals surface area contributed by atoms with Gasteiger partial charge in [-0.2, -0.15) is 0 Å². The molecule has 9 nitrogen and oxygen atoms in total. The Labute approximate surface area is 211 Å². The number of amides is 2. The van der Waals surface area contributed by atoms with Crippen LogP contribution in [-0.2, 0) is 0 Å². The number of nitrogens with zero attached hydrogens (tertiary/aromatic N) is 5. The quantitative estimate of drug-likeness (QED) is 0.360. The highest BCUT2D eigenvalue weighted by molar-refractivity contribution is 5.80. The summed E-state index contributed by atoms with van der Waals surface area (Å²) in [5.74, 6) is 1.68. The molecule has 5 aliphatic rings. The van der Waals surface area contributed by atoms with E-state index in [9.17, 15) is 14.9 Å². The van der Waals surface area contributed by atoms with Crippen LogP contribution in [0.25, 0.3) is 5.70 Å². The van der Waals surface area contributed by atoms with Gasteiger partial charge in [-0.25, -0.2) is 4.79 Å². The van der Waals surface area contributed by atoms with Crippen molar-refractivity contribution in [2.75, 3.05) is 6.54 Å². The summed E-state index contributed by atoms with van der Waals surface area (Å²) in [5, 5.41) is 14.4. The van der Waals surface area contributed by atoms with E-state index in [2.05, 4.69) is 41.3 Å². The second-order valence-electron chi connectivity index (χ2n) is 11.6. The van der Waals surface area contributed by atoms with Crippen molar-refractivity contribution in [3.63, 3.8) is 0 Å². The summed E-state index contributed by atoms with van der Waals surface area (Å²) in [5.41, 5.74) is 2.89. The lowest BCUT2D eigenvalue weighted by molar-refractivity contribution is -0.389. The van der Waals surface area contributed by atoms with E-state index in [1.165, 1.54) is 11.3 Å². The van der Waals surface area contributed by atoms with Crippen molar-refractivity contribution in [1.82, 2.24) is 19.8 Å². The summed E-state index contributed by atoms with van der Waals surface area (Å²) in [4.78, 5) is 33.2. The van der Waals surface area contributed by atoms with Crippen LogP contribution in [0.2, 0.25) is 0 Å². The first kappa shape index (κ1) is 23.2. The third kappa shape index (κ3) is 3.54. The van der Waals surface area contributed by atoms with Crippen LogP contribution >= 0.6 is 0 Å². The van der Waals surface area contributed by atoms with E-state index >= 15 is 0 Å². The Morgan fingerprint density at radius 3 is 2.75 bits per heavy atom. The van der Waals surface area contributed by atoms with Crippen LogP contribution < -0.4 is 5.32 Å². The molecule has 2 heterocycles. The minimum absolute atomic E-state index is 0.00782. The Balaban J connectivity index is 1.18. The van der Waals surface area contributed by atoms with E-state index in [-0.39, 0.29) is 28.7 Å². The SMILES string of the molecule is C[C@]12CC[C@H](NC(=O)N3C=CN=CC3)CC1=CCC1C2CC[C@]2(C)C(n3cnc([N+](=O)[O-])c3)=CCC12. The van der Waals surface area contributed by atoms with Gasteiger partial charge >= 0.3 is 11.8 Å². The van der Waals surface area contributed by atoms with Gasteiger partial charge in [0.2, 0.25) is 6.33 Å². The zero-order valence-electron chi connectivity index (χ0n) is 21.0. The van der Waals surface area contributed by atoms with Crippen molar-refractivity contribution >= 4 is 23.8 Å². The number of aliphatic imine (C=N–C) groups is 1. The monoisotopic (exact) mass is 490 g/mol. The second-order valence-corrected chi connectivity index (χ2v) is 11.6. The van der Waals surface area contributed by atoms with E-state index in [0.29, 0.717) is 24.3 Å². The molecule has 0 saturated heterocycles. The molecule has 0 spiro atoms. The second kappa shape index (κ2) is 8.42. The molecule has 2 amide bonds. The predicted molar refractivity (Wildman–Crippen MR) is 137 cm³/mol. The van der Waals surface area contributed by atoms with Gasteiger partial charge in [0.05, 0.1) is 6.54 Å². The van der Waals surface area contributed by atoms with Crippen LogP contribution in [0.5, 0.6) is 0 Å². The number of allylic oxidation sites excluding steroid dienone is 3. The van der Waals surface area contributed by atoms with E-state index in [1.54, 1.807) is 36.0 Å². The third-order valence-electron chi connectivity index (χ3n) is 9.98. The van der Waals surface area contributed by atoms with Crippen molar-refractivity contribution < 1.29 is 9.72 Å². The van der Waals surface area contributed by atoms with Gasteiger partial charge in [0, 0.05) is 35.8 Å². The van der Waals surface area contributed by atoms with E-state index in [4.69, 9.17) is 0 Å². The Kier molecular flexibility index (Phi) is 5.42. The van der Waals surface area contributed by atoms with Gasteiger partial charge in [0.25, 0.3) is 0 Å². The normalized spacial score (nSPS) is 36.9. The van der Waals surface area contributed by atoms with Gasteiger partial charge in [0.1, 0.15) is 6.20 Å². The fourth-order valence-corrected chi connectivity index (χ4v) is 8.05. The van der Waals surface area contributed by atoms with Gasteiger partial charge in [-0.05, 0) is 78.0 Å². The molecular formula is C27H34N6O3. The highest BCUT2D eigenvalue weighted by Crippen LogP contribution is 2.65. The molecule has 6 rings (SSSR count). The molecule has 1 N–H and O–H groups in total. The maximum absolute atomic E-state index is 12.7. The Bertz CT molecular complexity index is 1210. The van der Waals surface area contributed by atoms with E-state index in [1.807, 2.05) is 4.57 Å². The van der Waals surface area contributed by atoms with Gasteiger partial charge in [0.15, 0.2) is 0 Å². The molecule has 190 valence electrons. The Hall–Kier alpha value is -3.23. The number of carbonyl (C=O) groups is 1. The smallest absolute Gasteiger partial charge is 0.358 e. The molecule has 9 heteroatoms. The molecular weight excluding hydrogens is 456 g/mol. The standard InChI is InChI=1S/C27H34N6O3/c1-26-9-7-19(30-25(34)31-13-11-28-12-14-31)15-18(26)3-4-20-21-5-6-23(27(21,2)10-8-22(20)26)32-16-24(29-17-32)33(35)36/h3,6,11-13,16-17,19-22H,4-5,7-10,14-15H2,1-2H3,(H,30,34)/t19-,20?,21?,22?,26-,27-/m0/s1. The number of rotatable bonds is 3. The number of nitrogens with one attached hydrogen (secondary N) is 1. The Morgan fingerprint density at radius 2 is 2.00 bits per heavy atom. The number of aromatic nitrogens is 2. The van der Waals surface area contributed by atoms with Crippen LogP contribution in [-0.4, -0.2) is 44.2 Å². The van der Waals surface area contributed by atoms with E-state index < -0.39 is 4.92 Å². The third-order valence-corrected chi connectivity index (χ3v) is 9.98. The topological polar surface area (TPSA) is 106 Å². The summed E-state index contributed by atoms with van der Waals surface area (Å²) in [6.45, 7) is 5.33. The zero-order valence-corrected chi connectivity index (χ0v) is 21.0. The summed E-state index contributed by atoms with van der Waals surface area (Å²) in [6, 6.07) is 0.129. The van der Waals surface area contributed by atoms with Gasteiger partial charge in [-0.3, -0.25) is 14.5 Å². The molecule has 36 heavy (non-hydrogen) atoms. The molecule has 1 aromatic rings. The van der Waals surface area contributed by atoms with Gasteiger partial charge in [-0.1, -0.05) is 31.6 Å². The van der Waals surface area contributed by atoms with Crippen LogP contribution in [0.4, 0.5) is 10.6 Å². The maximum atomic E-state index is 12.7. The minimum Gasteiger partial charge on any atom is -0.358 e. The predicted octanol–water partition coefficient (Wildman–Crippen LogP) is 5.14. The highest BCUT2D eigenvalue weighted by atomic mass is 16.6. The van der Waals surface area contributed by atoms with Crippen LogP contribution in [0.3, 0.4) is 0 Å². The molecule has 0 bridgehead atoms. The van der Waals surface area contributed by atoms with Crippen molar-refractivity contribution in [2.45, 2.75) is 64.8 Å². The number of fused-ring (bicyclic) bond motifs is 5. The molecule has 4 aliphatic carbocycles. The Morgan fingerprint density at radius 1 is 1.17 bits per heavy atom. The molecule has 3 unspecified atom stereocenters. The fourth-order valence-electron chi connectivity index (χ4n) is 8.05. The maximum Gasteiger partial charge on any atom is 0.381 e. The number of hydrogen-bond donors (Lipinski definition) is 1. The fraction of sp³-hybridized carbons (Fsp3) is 0.593. The molecule has 0 radical (unpaired) electrons. The lowest BCUT2D eigenvalue weighted by Gasteiger charge is -2.57. The number of urea groups is 1. The number of hydrogen-bond acceptors (Lipinski definition) is 5. The zero-order chi connectivity index (χ0) is 25.1. The first-order valence-electron chi connectivity index (χ1n) is 13.1.